The summed E-state index contributed by atoms with van der Waals surface area (Å²) in [5.41, 5.74) is 6.47. The number of halogens is 1. The fourth-order valence-electron chi connectivity index (χ4n) is 2.09. The van der Waals surface area contributed by atoms with E-state index in [0.29, 0.717) is 5.76 Å². The van der Waals surface area contributed by atoms with E-state index >= 15 is 0 Å². The number of aryl methyl sites for hydroxylation is 1. The normalized spacial score (nSPS) is 13.0. The quantitative estimate of drug-likeness (QED) is 0.776. The molecule has 0 bridgehead atoms. The van der Waals surface area contributed by atoms with Gasteiger partial charge in [-0.05, 0) is 30.7 Å². The number of nitrogens with two attached hydrogens (primary N) is 1. The Morgan fingerprint density at radius 2 is 2.16 bits per heavy atom. The first kappa shape index (κ1) is 12.4. The number of fused-ring (bicyclic) bond motifs is 1. The molecule has 3 aromatic rings. The van der Waals surface area contributed by atoms with Gasteiger partial charge in [-0.25, -0.2) is 4.39 Å². The number of benzene rings is 1. The Morgan fingerprint density at radius 3 is 2.84 bits per heavy atom. The maximum absolute atomic E-state index is 13.6. The average molecular weight is 275 g/mol. The molecular formula is C15H14FNOS. The number of para-hydroxylation sites is 1. The molecule has 0 aliphatic heterocycles. The van der Waals surface area contributed by atoms with Crippen LogP contribution in [0.1, 0.15) is 28.5 Å². The molecule has 1 unspecified atom stereocenters. The summed E-state index contributed by atoms with van der Waals surface area (Å²) in [6, 6.07) is 10.4. The summed E-state index contributed by atoms with van der Waals surface area (Å²) >= 11 is 1.67. The molecule has 98 valence electrons. The van der Waals surface area contributed by atoms with Crippen molar-refractivity contribution in [2.75, 3.05) is 0 Å². The molecule has 0 fully saturated rings. The summed E-state index contributed by atoms with van der Waals surface area (Å²) in [5.74, 6) is 0.251. The maximum atomic E-state index is 13.6. The highest BCUT2D eigenvalue weighted by molar-refractivity contribution is 7.12. The molecular weight excluding hydrogens is 261 g/mol. The van der Waals surface area contributed by atoms with Crippen molar-refractivity contribution < 1.29 is 8.81 Å². The summed E-state index contributed by atoms with van der Waals surface area (Å²) in [6.07, 6.45) is 0.992. The van der Waals surface area contributed by atoms with Gasteiger partial charge in [0.1, 0.15) is 5.76 Å². The highest BCUT2D eigenvalue weighted by atomic mass is 32.1. The van der Waals surface area contributed by atoms with Crippen LogP contribution in [0.3, 0.4) is 0 Å². The Balaban J connectivity index is 2.01. The van der Waals surface area contributed by atoms with E-state index in [1.807, 2.05) is 18.2 Å². The van der Waals surface area contributed by atoms with Crippen LogP contribution < -0.4 is 5.73 Å². The van der Waals surface area contributed by atoms with Crippen LogP contribution in [-0.4, -0.2) is 0 Å². The van der Waals surface area contributed by atoms with Gasteiger partial charge >= 0.3 is 0 Å². The zero-order valence-electron chi connectivity index (χ0n) is 10.5. The van der Waals surface area contributed by atoms with Crippen molar-refractivity contribution in [3.8, 4) is 0 Å². The summed E-state index contributed by atoms with van der Waals surface area (Å²) in [4.78, 5) is 2.32. The number of rotatable bonds is 3. The Morgan fingerprint density at radius 1 is 1.32 bits per heavy atom. The third-order valence-corrected chi connectivity index (χ3v) is 4.47. The summed E-state index contributed by atoms with van der Waals surface area (Å²) in [5, 5.41) is 0.748. The molecule has 0 spiro atoms. The molecule has 2 N–H and O–H groups in total. The van der Waals surface area contributed by atoms with E-state index < -0.39 is 0 Å². The lowest BCUT2D eigenvalue weighted by Crippen LogP contribution is -2.08. The minimum Gasteiger partial charge on any atom is -0.456 e. The zero-order valence-corrected chi connectivity index (χ0v) is 11.3. The summed E-state index contributed by atoms with van der Waals surface area (Å²) in [7, 11) is 0. The van der Waals surface area contributed by atoms with Crippen molar-refractivity contribution in [3.05, 3.63) is 57.7 Å². The Hall–Kier alpha value is -1.65. The van der Waals surface area contributed by atoms with E-state index in [-0.39, 0.29) is 17.4 Å². The van der Waals surface area contributed by atoms with Gasteiger partial charge in [0.2, 0.25) is 0 Å². The molecule has 0 aliphatic carbocycles. The fourth-order valence-corrected chi connectivity index (χ4v) is 3.05. The molecule has 0 saturated carbocycles. The molecule has 3 rings (SSSR count). The molecule has 2 aromatic heterocycles. The molecule has 0 aliphatic rings. The van der Waals surface area contributed by atoms with Crippen molar-refractivity contribution >= 4 is 22.3 Å². The van der Waals surface area contributed by atoms with Crippen molar-refractivity contribution in [2.45, 2.75) is 19.4 Å². The second-order valence-corrected chi connectivity index (χ2v) is 5.64. The first-order valence-electron chi connectivity index (χ1n) is 6.21. The van der Waals surface area contributed by atoms with Crippen molar-refractivity contribution in [1.82, 2.24) is 0 Å². The lowest BCUT2D eigenvalue weighted by Gasteiger charge is -2.04. The van der Waals surface area contributed by atoms with Crippen LogP contribution in [0, 0.1) is 5.82 Å². The van der Waals surface area contributed by atoms with Crippen molar-refractivity contribution in [3.63, 3.8) is 0 Å². The second-order valence-electron chi connectivity index (χ2n) is 4.44. The fraction of sp³-hybridized carbons (Fsp3) is 0.200. The third-order valence-electron chi connectivity index (χ3n) is 3.16. The molecule has 1 atom stereocenters. The Kier molecular flexibility index (Phi) is 3.12. The molecule has 19 heavy (non-hydrogen) atoms. The third kappa shape index (κ3) is 2.17. The van der Waals surface area contributed by atoms with E-state index in [1.54, 1.807) is 17.4 Å². The predicted octanol–water partition coefficient (Wildman–Crippen LogP) is 4.24. The maximum Gasteiger partial charge on any atom is 0.169 e. The van der Waals surface area contributed by atoms with Gasteiger partial charge in [0, 0.05) is 15.1 Å². The van der Waals surface area contributed by atoms with Gasteiger partial charge in [0.25, 0.3) is 0 Å². The predicted molar refractivity (Wildman–Crippen MR) is 75.9 cm³/mol. The topological polar surface area (TPSA) is 39.2 Å². The van der Waals surface area contributed by atoms with Gasteiger partial charge in [-0.1, -0.05) is 19.1 Å². The molecule has 0 saturated heterocycles. The molecule has 4 heteroatoms. The van der Waals surface area contributed by atoms with Crippen molar-refractivity contribution in [2.24, 2.45) is 5.73 Å². The highest BCUT2D eigenvalue weighted by Gasteiger charge is 2.17. The first-order chi connectivity index (χ1) is 9.19. The standard InChI is InChI=1S/C15H14FNOS/c1-2-10-6-7-13(19-10)14(17)12-8-9-4-3-5-11(16)15(9)18-12/h3-8,14H,2,17H2,1H3. The van der Waals surface area contributed by atoms with E-state index in [4.69, 9.17) is 10.2 Å². The van der Waals surface area contributed by atoms with Gasteiger partial charge in [-0.3, -0.25) is 0 Å². The first-order valence-corrected chi connectivity index (χ1v) is 7.03. The Labute approximate surface area is 114 Å². The molecule has 2 heterocycles. The van der Waals surface area contributed by atoms with Gasteiger partial charge in [0.05, 0.1) is 6.04 Å². The Bertz CT molecular complexity index is 716. The van der Waals surface area contributed by atoms with Crippen LogP contribution in [-0.2, 0) is 6.42 Å². The molecule has 2 nitrogen and oxygen atoms in total. The van der Waals surface area contributed by atoms with Gasteiger partial charge in [0.15, 0.2) is 11.4 Å². The molecule has 0 amide bonds. The van der Waals surface area contributed by atoms with Crippen LogP contribution in [0.25, 0.3) is 11.0 Å². The average Bonchev–Trinajstić information content (AvgIpc) is 3.05. The van der Waals surface area contributed by atoms with Gasteiger partial charge < -0.3 is 10.2 Å². The number of hydrogen-bond acceptors (Lipinski definition) is 3. The number of thiophene rings is 1. The minimum absolute atomic E-state index is 0.278. The molecule has 0 radical (unpaired) electrons. The van der Waals surface area contributed by atoms with Crippen LogP contribution in [0.4, 0.5) is 4.39 Å². The SMILES string of the molecule is CCc1ccc(C(N)c2cc3cccc(F)c3o2)s1. The van der Waals surface area contributed by atoms with Crippen LogP contribution in [0.2, 0.25) is 0 Å². The summed E-state index contributed by atoms with van der Waals surface area (Å²) in [6.45, 7) is 2.11. The second kappa shape index (κ2) is 4.79. The molecule has 1 aromatic carbocycles. The lowest BCUT2D eigenvalue weighted by molar-refractivity contribution is 0.504. The minimum atomic E-state index is -0.351. The van der Waals surface area contributed by atoms with E-state index in [0.717, 1.165) is 16.7 Å². The van der Waals surface area contributed by atoms with Gasteiger partial charge in [-0.2, -0.15) is 0 Å². The van der Waals surface area contributed by atoms with Crippen LogP contribution >= 0.6 is 11.3 Å². The smallest absolute Gasteiger partial charge is 0.169 e. The largest absolute Gasteiger partial charge is 0.456 e. The summed E-state index contributed by atoms with van der Waals surface area (Å²) < 4.78 is 19.2. The number of furan rings is 1. The zero-order chi connectivity index (χ0) is 13.4. The van der Waals surface area contributed by atoms with Crippen LogP contribution in [0.15, 0.2) is 40.8 Å². The van der Waals surface area contributed by atoms with Crippen molar-refractivity contribution in [1.29, 1.82) is 0 Å². The van der Waals surface area contributed by atoms with E-state index in [9.17, 15) is 4.39 Å². The number of hydrogen-bond donors (Lipinski definition) is 1. The van der Waals surface area contributed by atoms with Gasteiger partial charge in [-0.15, -0.1) is 11.3 Å². The van der Waals surface area contributed by atoms with Crippen LogP contribution in [0.5, 0.6) is 0 Å². The lowest BCUT2D eigenvalue weighted by atomic mass is 10.2. The monoisotopic (exact) mass is 275 g/mol. The van der Waals surface area contributed by atoms with E-state index in [1.165, 1.54) is 10.9 Å². The highest BCUT2D eigenvalue weighted by Crippen LogP contribution is 2.31. The van der Waals surface area contributed by atoms with E-state index in [2.05, 4.69) is 13.0 Å².